The van der Waals surface area contributed by atoms with Gasteiger partial charge in [0.25, 0.3) is 5.56 Å². The van der Waals surface area contributed by atoms with Gasteiger partial charge in [-0.2, -0.15) is 0 Å². The van der Waals surface area contributed by atoms with E-state index in [9.17, 15) is 9.59 Å². The average molecular weight is 671 g/mol. The summed E-state index contributed by atoms with van der Waals surface area (Å²) in [6.45, 7) is 11.2. The Balaban J connectivity index is 1.40. The number of hydrogen-bond acceptors (Lipinski definition) is 9. The number of allylic oxidation sites excluding steroid dienone is 1. The molecule has 0 radical (unpaired) electrons. The Hall–Kier alpha value is -4.83. The van der Waals surface area contributed by atoms with E-state index >= 15 is 0 Å². The molecule has 0 fully saturated rings. The maximum atomic E-state index is 14.0. The topological polar surface area (TPSA) is 97.6 Å². The molecule has 1 aliphatic heterocycles. The Morgan fingerprint density at radius 2 is 1.62 bits per heavy atom. The van der Waals surface area contributed by atoms with Crippen LogP contribution in [0.4, 0.5) is 0 Å². The second-order valence-electron chi connectivity index (χ2n) is 11.3. The Morgan fingerprint density at radius 3 is 2.29 bits per heavy atom. The van der Waals surface area contributed by atoms with E-state index in [1.807, 2.05) is 49.4 Å². The van der Waals surface area contributed by atoms with Crippen LogP contribution in [0.5, 0.6) is 23.0 Å². The number of ether oxygens (including phenoxy) is 5. The molecule has 0 saturated carbocycles. The van der Waals surface area contributed by atoms with Crippen molar-refractivity contribution in [3.05, 3.63) is 114 Å². The summed E-state index contributed by atoms with van der Waals surface area (Å²) >= 11 is 1.26. The summed E-state index contributed by atoms with van der Waals surface area (Å²) in [5.74, 6) is 2.62. The Bertz CT molecular complexity index is 1940. The van der Waals surface area contributed by atoms with Gasteiger partial charge in [-0.25, -0.2) is 9.79 Å². The number of thiazole rings is 1. The number of carbonyl (C=O) groups excluding carboxylic acids is 1. The molecule has 0 bridgehead atoms. The number of methoxy groups -OCH3 is 1. The van der Waals surface area contributed by atoms with E-state index in [1.165, 1.54) is 16.9 Å². The molecule has 4 aromatic rings. The van der Waals surface area contributed by atoms with Gasteiger partial charge in [-0.1, -0.05) is 55.5 Å². The fourth-order valence-corrected chi connectivity index (χ4v) is 6.53. The molecular formula is C38H42N2O7S. The zero-order chi connectivity index (χ0) is 34.2. The van der Waals surface area contributed by atoms with Crippen LogP contribution >= 0.6 is 11.3 Å². The normalized spacial score (nSPS) is 15.0. The quantitative estimate of drug-likeness (QED) is 0.117. The van der Waals surface area contributed by atoms with E-state index in [4.69, 9.17) is 23.7 Å². The van der Waals surface area contributed by atoms with Crippen LogP contribution in [0.3, 0.4) is 0 Å². The summed E-state index contributed by atoms with van der Waals surface area (Å²) in [5.41, 5.74) is 3.37. The van der Waals surface area contributed by atoms with Crippen LogP contribution in [0.15, 0.2) is 87.8 Å². The van der Waals surface area contributed by atoms with Crippen molar-refractivity contribution in [3.8, 4) is 23.0 Å². The zero-order valence-corrected chi connectivity index (χ0v) is 29.1. The first kappa shape index (κ1) is 34.5. The highest BCUT2D eigenvalue weighted by atomic mass is 32.1. The van der Waals surface area contributed by atoms with Crippen LogP contribution in [0.1, 0.15) is 69.7 Å². The molecule has 10 heteroatoms. The predicted octanol–water partition coefficient (Wildman–Crippen LogP) is 6.18. The smallest absolute Gasteiger partial charge is 0.338 e. The molecule has 1 aliphatic rings. The third-order valence-electron chi connectivity index (χ3n) is 8.19. The minimum atomic E-state index is -0.705. The number of carbonyl (C=O) groups is 1. The lowest BCUT2D eigenvalue weighted by molar-refractivity contribution is -0.139. The number of nitrogens with zero attached hydrogens (tertiary/aromatic N) is 2. The van der Waals surface area contributed by atoms with E-state index < -0.39 is 12.0 Å². The molecule has 48 heavy (non-hydrogen) atoms. The van der Waals surface area contributed by atoms with Gasteiger partial charge in [0.05, 0.1) is 42.2 Å². The molecule has 0 saturated heterocycles. The number of fused-ring (bicyclic) bond motifs is 1. The minimum Gasteiger partial charge on any atom is -0.497 e. The van der Waals surface area contributed by atoms with Gasteiger partial charge >= 0.3 is 5.97 Å². The van der Waals surface area contributed by atoms with Crippen LogP contribution < -0.4 is 33.8 Å². The summed E-state index contributed by atoms with van der Waals surface area (Å²) in [5, 5.41) is 0. The van der Waals surface area contributed by atoms with Crippen molar-refractivity contribution >= 4 is 23.4 Å². The molecule has 2 heterocycles. The molecule has 3 aromatic carbocycles. The highest BCUT2D eigenvalue weighted by Crippen LogP contribution is 2.32. The lowest BCUT2D eigenvalue weighted by Gasteiger charge is -2.24. The minimum absolute atomic E-state index is 0.205. The van der Waals surface area contributed by atoms with Crippen LogP contribution in [0, 0.1) is 0 Å². The molecule has 0 spiro atoms. The van der Waals surface area contributed by atoms with Gasteiger partial charge in [0, 0.05) is 0 Å². The van der Waals surface area contributed by atoms with E-state index in [0.29, 0.717) is 63.6 Å². The SMILES string of the molecule is CCOC(=O)C1=C(C)N=c2s/c(=C\c3ccc(OCCOc4ccc([C@@H](C)CC)cc4)c(OCC)c3)c(=O)n2[C@@H]1c1ccc(OC)cc1. The van der Waals surface area contributed by atoms with Gasteiger partial charge in [-0.05, 0) is 92.3 Å². The standard InChI is InChI=1S/C38H42N2O7S/c1-7-24(4)27-11-17-30(18-12-27)46-20-21-47-31-19-10-26(22-32(31)44-8-2)23-33-36(41)40-35(28-13-15-29(43-6)16-14-28)34(37(42)45-9-3)25(5)39-38(40)48-33/h10-19,22-24,35H,7-9,20-21H2,1-6H3/b33-23-/t24-,35+/m0/s1. The number of benzene rings is 3. The molecule has 9 nitrogen and oxygen atoms in total. The van der Waals surface area contributed by atoms with Crippen LogP contribution in [0.25, 0.3) is 6.08 Å². The van der Waals surface area contributed by atoms with Crippen molar-refractivity contribution in [1.82, 2.24) is 4.57 Å². The molecule has 0 unspecified atom stereocenters. The molecule has 0 aliphatic carbocycles. The Kier molecular flexibility index (Phi) is 11.4. The van der Waals surface area contributed by atoms with Crippen molar-refractivity contribution < 1.29 is 28.5 Å². The van der Waals surface area contributed by atoms with Gasteiger partial charge in [0.15, 0.2) is 16.3 Å². The summed E-state index contributed by atoms with van der Waals surface area (Å²) in [6.07, 6.45) is 2.89. The van der Waals surface area contributed by atoms with Crippen LogP contribution in [0.2, 0.25) is 0 Å². The second kappa shape index (κ2) is 15.8. The average Bonchev–Trinajstić information content (AvgIpc) is 3.40. The molecular weight excluding hydrogens is 628 g/mol. The van der Waals surface area contributed by atoms with Crippen molar-refractivity contribution in [2.45, 2.75) is 53.0 Å². The lowest BCUT2D eigenvalue weighted by Crippen LogP contribution is -2.39. The highest BCUT2D eigenvalue weighted by Gasteiger charge is 2.33. The molecule has 0 amide bonds. The Labute approximate surface area is 284 Å². The van der Waals surface area contributed by atoms with Gasteiger partial charge < -0.3 is 23.7 Å². The lowest BCUT2D eigenvalue weighted by atomic mass is 9.96. The third-order valence-corrected chi connectivity index (χ3v) is 9.17. The second-order valence-corrected chi connectivity index (χ2v) is 12.3. The van der Waals surface area contributed by atoms with Gasteiger partial charge in [0.2, 0.25) is 0 Å². The monoisotopic (exact) mass is 670 g/mol. The van der Waals surface area contributed by atoms with Crippen LogP contribution in [-0.4, -0.2) is 44.1 Å². The third kappa shape index (κ3) is 7.65. The molecule has 1 aromatic heterocycles. The zero-order valence-electron chi connectivity index (χ0n) is 28.3. The first-order chi connectivity index (χ1) is 23.3. The molecule has 0 N–H and O–H groups in total. The first-order valence-corrected chi connectivity index (χ1v) is 17.1. The van der Waals surface area contributed by atoms with Gasteiger partial charge in [-0.3, -0.25) is 9.36 Å². The number of aromatic nitrogens is 1. The van der Waals surface area contributed by atoms with Crippen molar-refractivity contribution in [3.63, 3.8) is 0 Å². The summed E-state index contributed by atoms with van der Waals surface area (Å²) in [6, 6.07) is 20.3. The molecule has 5 rings (SSSR count). The highest BCUT2D eigenvalue weighted by molar-refractivity contribution is 7.07. The summed E-state index contributed by atoms with van der Waals surface area (Å²) in [7, 11) is 1.59. The number of esters is 1. The summed E-state index contributed by atoms with van der Waals surface area (Å²) in [4.78, 5) is 32.3. The largest absolute Gasteiger partial charge is 0.497 e. The van der Waals surface area contributed by atoms with Crippen molar-refractivity contribution in [2.75, 3.05) is 33.5 Å². The Morgan fingerprint density at radius 1 is 0.917 bits per heavy atom. The predicted molar refractivity (Wildman–Crippen MR) is 187 cm³/mol. The fourth-order valence-electron chi connectivity index (χ4n) is 5.49. The van der Waals surface area contributed by atoms with Crippen molar-refractivity contribution in [1.29, 1.82) is 0 Å². The van der Waals surface area contributed by atoms with E-state index in [0.717, 1.165) is 23.3 Å². The first-order valence-electron chi connectivity index (χ1n) is 16.2. The van der Waals surface area contributed by atoms with Crippen molar-refractivity contribution in [2.24, 2.45) is 4.99 Å². The maximum Gasteiger partial charge on any atom is 0.338 e. The van der Waals surface area contributed by atoms with E-state index in [1.54, 1.807) is 43.7 Å². The maximum absolute atomic E-state index is 14.0. The van der Waals surface area contributed by atoms with E-state index in [2.05, 4.69) is 31.0 Å². The van der Waals surface area contributed by atoms with E-state index in [-0.39, 0.29) is 12.2 Å². The molecule has 252 valence electrons. The number of rotatable bonds is 14. The number of hydrogen-bond donors (Lipinski definition) is 0. The van der Waals surface area contributed by atoms with Crippen LogP contribution in [-0.2, 0) is 9.53 Å². The molecule has 2 atom stereocenters. The fraction of sp³-hybridized carbons (Fsp3) is 0.342. The summed E-state index contributed by atoms with van der Waals surface area (Å²) < 4.78 is 30.6. The van der Waals surface area contributed by atoms with Gasteiger partial charge in [0.1, 0.15) is 24.7 Å². The van der Waals surface area contributed by atoms with Gasteiger partial charge in [-0.15, -0.1) is 0 Å².